The molecule has 1 unspecified atom stereocenters. The van der Waals surface area contributed by atoms with Gasteiger partial charge in [0.15, 0.2) is 5.82 Å². The van der Waals surface area contributed by atoms with Crippen LogP contribution in [0.4, 0.5) is 0 Å². The molecule has 1 N–H and O–H groups in total. The Morgan fingerprint density at radius 2 is 2.19 bits per heavy atom. The first-order valence-electron chi connectivity index (χ1n) is 6.87. The fraction of sp³-hybridized carbons (Fsp3) is 0.500. The molecule has 6 nitrogen and oxygen atoms in total. The summed E-state index contributed by atoms with van der Waals surface area (Å²) in [6.07, 6.45) is 0.746. The highest BCUT2D eigenvalue weighted by Crippen LogP contribution is 2.26. The average Bonchev–Trinajstić information content (AvgIpc) is 2.88. The van der Waals surface area contributed by atoms with Crippen molar-refractivity contribution in [3.63, 3.8) is 0 Å². The Morgan fingerprint density at radius 3 is 2.86 bits per heavy atom. The van der Waals surface area contributed by atoms with Gasteiger partial charge < -0.3 is 10.1 Å². The van der Waals surface area contributed by atoms with Crippen molar-refractivity contribution in [1.82, 2.24) is 25.5 Å². The molecule has 2 rings (SSSR count). The van der Waals surface area contributed by atoms with Gasteiger partial charge in [0, 0.05) is 37.0 Å². The van der Waals surface area contributed by atoms with E-state index in [2.05, 4.69) is 48.8 Å². The van der Waals surface area contributed by atoms with E-state index in [-0.39, 0.29) is 5.92 Å². The molecule has 0 aliphatic rings. The third kappa shape index (κ3) is 4.87. The number of methoxy groups -OCH3 is 1. The number of hydrogen-bond acceptors (Lipinski definition) is 5. The zero-order valence-corrected chi connectivity index (χ0v) is 13.9. The number of halogens is 1. The number of nitrogens with one attached hydrogen (secondary N) is 1. The molecule has 1 heterocycles. The smallest absolute Gasteiger partial charge is 0.175 e. The third-order valence-corrected chi connectivity index (χ3v) is 3.92. The summed E-state index contributed by atoms with van der Waals surface area (Å²) in [6.45, 7) is 2.36. The number of aryl methyl sites for hydroxylation is 1. The maximum atomic E-state index is 5.06. The molecule has 0 saturated carbocycles. The largest absolute Gasteiger partial charge is 0.383 e. The minimum atomic E-state index is 0.279. The van der Waals surface area contributed by atoms with Gasteiger partial charge in [-0.1, -0.05) is 34.1 Å². The first kappa shape index (κ1) is 16.1. The standard InChI is InChI=1S/C14H20BrN5O/c1-20-18-14(17-19-20)9-11(10-16-7-8-21-2)12-5-3-4-6-13(12)15/h3-6,11,16H,7-10H2,1-2H3. The van der Waals surface area contributed by atoms with Gasteiger partial charge in [-0.2, -0.15) is 4.80 Å². The summed E-state index contributed by atoms with van der Waals surface area (Å²) in [5.41, 5.74) is 1.25. The maximum absolute atomic E-state index is 5.06. The zero-order valence-electron chi connectivity index (χ0n) is 12.3. The summed E-state index contributed by atoms with van der Waals surface area (Å²) in [7, 11) is 3.48. The van der Waals surface area contributed by atoms with Gasteiger partial charge in [-0.05, 0) is 16.8 Å². The molecule has 0 spiro atoms. The van der Waals surface area contributed by atoms with Crippen molar-refractivity contribution in [1.29, 1.82) is 0 Å². The van der Waals surface area contributed by atoms with Crippen LogP contribution in [0, 0.1) is 0 Å². The lowest BCUT2D eigenvalue weighted by Gasteiger charge is -2.18. The summed E-state index contributed by atoms with van der Waals surface area (Å²) in [5.74, 6) is 1.04. The Hall–Kier alpha value is -1.31. The van der Waals surface area contributed by atoms with Crippen molar-refractivity contribution in [2.75, 3.05) is 26.8 Å². The predicted octanol–water partition coefficient (Wildman–Crippen LogP) is 1.53. The van der Waals surface area contributed by atoms with Crippen LogP contribution >= 0.6 is 15.9 Å². The minimum absolute atomic E-state index is 0.279. The van der Waals surface area contributed by atoms with E-state index in [4.69, 9.17) is 4.74 Å². The van der Waals surface area contributed by atoms with Crippen molar-refractivity contribution in [2.24, 2.45) is 7.05 Å². The monoisotopic (exact) mass is 353 g/mol. The molecule has 0 amide bonds. The molecule has 1 aromatic heterocycles. The van der Waals surface area contributed by atoms with Crippen LogP contribution in [0.2, 0.25) is 0 Å². The van der Waals surface area contributed by atoms with Gasteiger partial charge in [0.05, 0.1) is 13.7 Å². The summed E-state index contributed by atoms with van der Waals surface area (Å²) in [5, 5.41) is 15.7. The number of ether oxygens (including phenoxy) is 1. The lowest BCUT2D eigenvalue weighted by atomic mass is 9.95. The van der Waals surface area contributed by atoms with E-state index in [0.29, 0.717) is 6.61 Å². The quantitative estimate of drug-likeness (QED) is 0.729. The van der Waals surface area contributed by atoms with Crippen LogP contribution in [0.1, 0.15) is 17.3 Å². The van der Waals surface area contributed by atoms with Gasteiger partial charge in [0.1, 0.15) is 0 Å². The molecule has 0 aliphatic heterocycles. The molecular weight excluding hydrogens is 334 g/mol. The fourth-order valence-corrected chi connectivity index (χ4v) is 2.78. The Bertz CT molecular complexity index is 560. The van der Waals surface area contributed by atoms with Crippen molar-refractivity contribution >= 4 is 15.9 Å². The fourth-order valence-electron chi connectivity index (χ4n) is 2.17. The minimum Gasteiger partial charge on any atom is -0.383 e. The van der Waals surface area contributed by atoms with Gasteiger partial charge in [0.25, 0.3) is 0 Å². The van der Waals surface area contributed by atoms with Crippen molar-refractivity contribution in [2.45, 2.75) is 12.3 Å². The van der Waals surface area contributed by atoms with E-state index in [1.54, 1.807) is 14.2 Å². The van der Waals surface area contributed by atoms with Crippen LogP contribution in [0.5, 0.6) is 0 Å². The maximum Gasteiger partial charge on any atom is 0.175 e. The van der Waals surface area contributed by atoms with Crippen LogP contribution in [0.3, 0.4) is 0 Å². The van der Waals surface area contributed by atoms with Gasteiger partial charge in [0.2, 0.25) is 0 Å². The van der Waals surface area contributed by atoms with E-state index in [1.165, 1.54) is 10.4 Å². The molecule has 114 valence electrons. The number of hydrogen-bond donors (Lipinski definition) is 1. The molecule has 0 bridgehead atoms. The molecule has 0 fully saturated rings. The molecule has 0 radical (unpaired) electrons. The Morgan fingerprint density at radius 1 is 1.38 bits per heavy atom. The van der Waals surface area contributed by atoms with Crippen LogP contribution in [-0.4, -0.2) is 47.0 Å². The van der Waals surface area contributed by atoms with E-state index in [1.807, 2.05) is 12.1 Å². The van der Waals surface area contributed by atoms with Crippen molar-refractivity contribution in [3.8, 4) is 0 Å². The number of rotatable bonds is 8. The van der Waals surface area contributed by atoms with Gasteiger partial charge >= 0.3 is 0 Å². The molecule has 0 saturated heterocycles. The lowest BCUT2D eigenvalue weighted by Crippen LogP contribution is -2.26. The molecule has 1 aromatic carbocycles. The normalized spacial score (nSPS) is 12.5. The SMILES string of the molecule is COCCNCC(Cc1nnn(C)n1)c1ccccc1Br. The van der Waals surface area contributed by atoms with Crippen molar-refractivity contribution < 1.29 is 4.74 Å². The number of nitrogens with zero attached hydrogens (tertiary/aromatic N) is 4. The molecular formula is C14H20BrN5O. The number of tetrazole rings is 1. The lowest BCUT2D eigenvalue weighted by molar-refractivity contribution is 0.199. The van der Waals surface area contributed by atoms with Crippen LogP contribution < -0.4 is 5.32 Å². The number of benzene rings is 1. The highest BCUT2D eigenvalue weighted by Gasteiger charge is 2.17. The van der Waals surface area contributed by atoms with Gasteiger partial charge in [-0.25, -0.2) is 0 Å². The molecule has 21 heavy (non-hydrogen) atoms. The second-order valence-electron chi connectivity index (χ2n) is 4.81. The zero-order chi connectivity index (χ0) is 15.1. The summed E-state index contributed by atoms with van der Waals surface area (Å²) in [6, 6.07) is 8.25. The van der Waals surface area contributed by atoms with Gasteiger partial charge in [-0.3, -0.25) is 0 Å². The van der Waals surface area contributed by atoms with E-state index >= 15 is 0 Å². The predicted molar refractivity (Wildman–Crippen MR) is 84.1 cm³/mol. The second-order valence-corrected chi connectivity index (χ2v) is 5.67. The topological polar surface area (TPSA) is 64.9 Å². The first-order valence-corrected chi connectivity index (χ1v) is 7.67. The highest BCUT2D eigenvalue weighted by atomic mass is 79.9. The van der Waals surface area contributed by atoms with E-state index < -0.39 is 0 Å². The van der Waals surface area contributed by atoms with Gasteiger partial charge in [-0.15, -0.1) is 10.2 Å². The second kappa shape index (κ2) is 8.21. The summed E-state index contributed by atoms with van der Waals surface area (Å²) < 4.78 is 6.17. The average molecular weight is 354 g/mol. The van der Waals surface area contributed by atoms with Crippen LogP contribution in [0.15, 0.2) is 28.7 Å². The molecule has 0 aliphatic carbocycles. The first-order chi connectivity index (χ1) is 10.2. The number of aromatic nitrogens is 4. The summed E-state index contributed by atoms with van der Waals surface area (Å²) in [4.78, 5) is 1.49. The highest BCUT2D eigenvalue weighted by molar-refractivity contribution is 9.10. The summed E-state index contributed by atoms with van der Waals surface area (Å²) >= 11 is 3.62. The van der Waals surface area contributed by atoms with Crippen LogP contribution in [0.25, 0.3) is 0 Å². The van der Waals surface area contributed by atoms with E-state index in [9.17, 15) is 0 Å². The third-order valence-electron chi connectivity index (χ3n) is 3.20. The molecule has 7 heteroatoms. The van der Waals surface area contributed by atoms with Crippen molar-refractivity contribution in [3.05, 3.63) is 40.1 Å². The molecule has 2 aromatic rings. The Labute approximate surface area is 133 Å². The Balaban J connectivity index is 2.08. The van der Waals surface area contributed by atoms with Crippen LogP contribution in [-0.2, 0) is 18.2 Å². The molecule has 1 atom stereocenters. The van der Waals surface area contributed by atoms with E-state index in [0.717, 1.165) is 29.8 Å². The Kier molecular flexibility index (Phi) is 6.28.